The molecular weight excluding hydrogens is 264 g/mol. The van der Waals surface area contributed by atoms with Crippen LogP contribution < -0.4 is 5.73 Å². The van der Waals surface area contributed by atoms with E-state index < -0.39 is 6.04 Å². The van der Waals surface area contributed by atoms with Gasteiger partial charge in [-0.15, -0.1) is 0 Å². The van der Waals surface area contributed by atoms with Gasteiger partial charge < -0.3 is 10.5 Å². The van der Waals surface area contributed by atoms with E-state index in [1.54, 1.807) is 0 Å². The molecule has 0 saturated heterocycles. The fourth-order valence-corrected chi connectivity index (χ4v) is 2.90. The molecule has 0 amide bonds. The molecule has 4 heteroatoms. The summed E-state index contributed by atoms with van der Waals surface area (Å²) in [6.07, 6.45) is 0. The van der Waals surface area contributed by atoms with Crippen molar-refractivity contribution >= 4 is 11.7 Å². The van der Waals surface area contributed by atoms with Crippen molar-refractivity contribution < 1.29 is 9.53 Å². The lowest BCUT2D eigenvalue weighted by Crippen LogP contribution is -2.31. The SMILES string of the molecule is COC(=O)[C@H](c1ccccc1)N1Cc2cccc(N)c2C1. The van der Waals surface area contributed by atoms with Gasteiger partial charge in [0.2, 0.25) is 0 Å². The Bertz CT molecular complexity index is 655. The topological polar surface area (TPSA) is 55.6 Å². The number of carbonyl (C=O) groups is 1. The maximum Gasteiger partial charge on any atom is 0.327 e. The van der Waals surface area contributed by atoms with Crippen LogP contribution >= 0.6 is 0 Å². The number of methoxy groups -OCH3 is 1. The third-order valence-corrected chi connectivity index (χ3v) is 3.95. The van der Waals surface area contributed by atoms with E-state index in [1.165, 1.54) is 12.7 Å². The zero-order valence-electron chi connectivity index (χ0n) is 12.0. The number of carbonyl (C=O) groups excluding carboxylic acids is 1. The van der Waals surface area contributed by atoms with Gasteiger partial charge in [0.1, 0.15) is 6.04 Å². The molecule has 1 heterocycles. The van der Waals surface area contributed by atoms with Crippen molar-refractivity contribution in [2.24, 2.45) is 0 Å². The fraction of sp³-hybridized carbons (Fsp3) is 0.235. The molecule has 2 N–H and O–H groups in total. The number of benzene rings is 2. The summed E-state index contributed by atoms with van der Waals surface area (Å²) in [7, 11) is 1.43. The predicted molar refractivity (Wildman–Crippen MR) is 81.3 cm³/mol. The average molecular weight is 282 g/mol. The molecule has 0 aromatic heterocycles. The molecule has 0 spiro atoms. The summed E-state index contributed by atoms with van der Waals surface area (Å²) in [5.74, 6) is -0.243. The zero-order chi connectivity index (χ0) is 14.8. The molecule has 3 rings (SSSR count). The number of nitrogen functional groups attached to an aromatic ring is 1. The molecule has 2 aromatic rings. The lowest BCUT2D eigenvalue weighted by molar-refractivity contribution is -0.147. The van der Waals surface area contributed by atoms with Crippen LogP contribution in [0.2, 0.25) is 0 Å². The van der Waals surface area contributed by atoms with Crippen LogP contribution in [0.3, 0.4) is 0 Å². The van der Waals surface area contributed by atoms with E-state index in [0.29, 0.717) is 13.1 Å². The van der Waals surface area contributed by atoms with Gasteiger partial charge in [0.05, 0.1) is 7.11 Å². The molecule has 1 aliphatic heterocycles. The van der Waals surface area contributed by atoms with Crippen LogP contribution in [-0.4, -0.2) is 18.0 Å². The molecule has 2 aromatic carbocycles. The standard InChI is InChI=1S/C17H18N2O2/c1-21-17(20)16(12-6-3-2-4-7-12)19-10-13-8-5-9-15(18)14(13)11-19/h2-9,16H,10-11,18H2,1H3/t16-/m0/s1. The third-order valence-electron chi connectivity index (χ3n) is 3.95. The number of esters is 1. The van der Waals surface area contributed by atoms with Crippen LogP contribution in [0.25, 0.3) is 0 Å². The lowest BCUT2D eigenvalue weighted by atomic mass is 10.1. The van der Waals surface area contributed by atoms with E-state index in [2.05, 4.69) is 11.0 Å². The Kier molecular flexibility index (Phi) is 3.62. The summed E-state index contributed by atoms with van der Waals surface area (Å²) in [5.41, 5.74) is 10.1. The van der Waals surface area contributed by atoms with E-state index >= 15 is 0 Å². The van der Waals surface area contributed by atoms with Crippen molar-refractivity contribution in [3.63, 3.8) is 0 Å². The summed E-state index contributed by atoms with van der Waals surface area (Å²) in [6.45, 7) is 1.37. The summed E-state index contributed by atoms with van der Waals surface area (Å²) < 4.78 is 5.00. The number of ether oxygens (including phenoxy) is 1. The molecule has 4 nitrogen and oxygen atoms in total. The molecular formula is C17H18N2O2. The largest absolute Gasteiger partial charge is 0.468 e. The van der Waals surface area contributed by atoms with Crippen LogP contribution in [0.4, 0.5) is 5.69 Å². The first-order chi connectivity index (χ1) is 10.2. The van der Waals surface area contributed by atoms with Gasteiger partial charge in [0.15, 0.2) is 0 Å². The van der Waals surface area contributed by atoms with Crippen LogP contribution in [0, 0.1) is 0 Å². The van der Waals surface area contributed by atoms with Crippen molar-refractivity contribution in [1.82, 2.24) is 4.90 Å². The Hall–Kier alpha value is -2.33. The van der Waals surface area contributed by atoms with Crippen molar-refractivity contribution in [3.8, 4) is 0 Å². The second-order valence-electron chi connectivity index (χ2n) is 5.23. The second kappa shape index (κ2) is 5.58. The Balaban J connectivity index is 1.94. The number of fused-ring (bicyclic) bond motifs is 1. The van der Waals surface area contributed by atoms with E-state index in [-0.39, 0.29) is 5.97 Å². The van der Waals surface area contributed by atoms with Crippen molar-refractivity contribution in [3.05, 3.63) is 65.2 Å². The molecule has 0 radical (unpaired) electrons. The quantitative estimate of drug-likeness (QED) is 0.694. The summed E-state index contributed by atoms with van der Waals surface area (Å²) in [5, 5.41) is 0. The van der Waals surface area contributed by atoms with Crippen molar-refractivity contribution in [2.45, 2.75) is 19.1 Å². The normalized spacial score (nSPS) is 15.5. The number of nitrogens with two attached hydrogens (primary N) is 1. The first-order valence-electron chi connectivity index (χ1n) is 6.93. The molecule has 1 atom stereocenters. The number of anilines is 1. The lowest BCUT2D eigenvalue weighted by Gasteiger charge is -2.25. The average Bonchev–Trinajstić information content (AvgIpc) is 2.93. The summed E-state index contributed by atoms with van der Waals surface area (Å²) in [6, 6.07) is 15.2. The number of hydrogen-bond donors (Lipinski definition) is 1. The van der Waals surface area contributed by atoms with E-state index in [0.717, 1.165) is 16.8 Å². The van der Waals surface area contributed by atoms with Crippen molar-refractivity contribution in [1.29, 1.82) is 0 Å². The van der Waals surface area contributed by atoms with Gasteiger partial charge in [-0.2, -0.15) is 0 Å². The van der Waals surface area contributed by atoms with E-state index in [9.17, 15) is 4.79 Å². The molecule has 1 aliphatic rings. The Morgan fingerprint density at radius 2 is 1.90 bits per heavy atom. The van der Waals surface area contributed by atoms with Gasteiger partial charge in [0.25, 0.3) is 0 Å². The monoisotopic (exact) mass is 282 g/mol. The molecule has 21 heavy (non-hydrogen) atoms. The van der Waals surface area contributed by atoms with Gasteiger partial charge in [-0.25, -0.2) is 4.79 Å². The second-order valence-corrected chi connectivity index (χ2v) is 5.23. The molecule has 0 fully saturated rings. The third kappa shape index (κ3) is 2.50. The first kappa shape index (κ1) is 13.6. The van der Waals surface area contributed by atoms with Crippen LogP contribution in [0.1, 0.15) is 22.7 Å². The molecule has 0 unspecified atom stereocenters. The highest BCUT2D eigenvalue weighted by molar-refractivity contribution is 5.77. The maximum absolute atomic E-state index is 12.2. The summed E-state index contributed by atoms with van der Waals surface area (Å²) >= 11 is 0. The minimum absolute atomic E-state index is 0.243. The highest BCUT2D eigenvalue weighted by atomic mass is 16.5. The maximum atomic E-state index is 12.2. The van der Waals surface area contributed by atoms with Crippen LogP contribution in [0.15, 0.2) is 48.5 Å². The molecule has 0 bridgehead atoms. The van der Waals surface area contributed by atoms with E-state index in [1.807, 2.05) is 42.5 Å². The van der Waals surface area contributed by atoms with Gasteiger partial charge >= 0.3 is 5.97 Å². The smallest absolute Gasteiger partial charge is 0.327 e. The van der Waals surface area contributed by atoms with Crippen molar-refractivity contribution in [2.75, 3.05) is 12.8 Å². The number of hydrogen-bond acceptors (Lipinski definition) is 4. The first-order valence-corrected chi connectivity index (χ1v) is 6.93. The Morgan fingerprint density at radius 1 is 1.14 bits per heavy atom. The minimum Gasteiger partial charge on any atom is -0.468 e. The molecule has 0 saturated carbocycles. The highest BCUT2D eigenvalue weighted by Gasteiger charge is 2.33. The highest BCUT2D eigenvalue weighted by Crippen LogP contribution is 2.34. The van der Waals surface area contributed by atoms with Gasteiger partial charge in [-0.1, -0.05) is 42.5 Å². The van der Waals surface area contributed by atoms with Gasteiger partial charge in [-0.3, -0.25) is 4.90 Å². The van der Waals surface area contributed by atoms with E-state index in [4.69, 9.17) is 10.5 Å². The Labute approximate surface area is 124 Å². The van der Waals surface area contributed by atoms with Gasteiger partial charge in [0, 0.05) is 18.8 Å². The van der Waals surface area contributed by atoms with Crippen LogP contribution in [-0.2, 0) is 22.6 Å². The summed E-state index contributed by atoms with van der Waals surface area (Å²) in [4.78, 5) is 14.3. The number of nitrogens with zero attached hydrogens (tertiary/aromatic N) is 1. The predicted octanol–water partition coefficient (Wildman–Crippen LogP) is 2.50. The fourth-order valence-electron chi connectivity index (χ4n) is 2.90. The molecule has 108 valence electrons. The number of rotatable bonds is 3. The minimum atomic E-state index is -0.400. The van der Waals surface area contributed by atoms with Crippen LogP contribution in [0.5, 0.6) is 0 Å². The zero-order valence-corrected chi connectivity index (χ0v) is 12.0. The Morgan fingerprint density at radius 3 is 2.57 bits per heavy atom. The van der Waals surface area contributed by atoms with Gasteiger partial charge in [-0.05, 0) is 22.8 Å². The molecule has 0 aliphatic carbocycles.